The van der Waals surface area contributed by atoms with E-state index in [1.165, 1.54) is 6.07 Å². The van der Waals surface area contributed by atoms with Crippen LogP contribution in [0.1, 0.15) is 24.0 Å². The Balaban J connectivity index is 1.56. The highest BCUT2D eigenvalue weighted by molar-refractivity contribution is 6.31. The third-order valence-electron chi connectivity index (χ3n) is 5.13. The van der Waals surface area contributed by atoms with Crippen molar-refractivity contribution in [3.63, 3.8) is 0 Å². The van der Waals surface area contributed by atoms with Crippen molar-refractivity contribution in [1.82, 2.24) is 5.32 Å². The number of hydrogen-bond donors (Lipinski definition) is 1. The van der Waals surface area contributed by atoms with Gasteiger partial charge in [-0.25, -0.2) is 4.39 Å². The normalized spacial score (nSPS) is 16.6. The van der Waals surface area contributed by atoms with Gasteiger partial charge in [0.25, 0.3) is 0 Å². The summed E-state index contributed by atoms with van der Waals surface area (Å²) in [5.74, 6) is 0.379. The Labute approximate surface area is 169 Å². The van der Waals surface area contributed by atoms with E-state index in [9.17, 15) is 4.39 Å². The fourth-order valence-corrected chi connectivity index (χ4v) is 3.83. The third kappa shape index (κ3) is 4.30. The first kappa shape index (κ1) is 19.2. The Bertz CT molecular complexity index is 936. The SMILES string of the molecule is Fc1cccc(Cl)c1COc1ccc2ccccc2c1CNCC1CCCO1. The number of nitrogens with one attached hydrogen (secondary N) is 1. The zero-order valence-corrected chi connectivity index (χ0v) is 16.3. The molecule has 1 fully saturated rings. The van der Waals surface area contributed by atoms with Gasteiger partial charge in [0.15, 0.2) is 0 Å². The zero-order valence-electron chi connectivity index (χ0n) is 15.6. The molecule has 0 amide bonds. The molecule has 1 heterocycles. The first-order chi connectivity index (χ1) is 13.7. The predicted molar refractivity (Wildman–Crippen MR) is 110 cm³/mol. The quantitative estimate of drug-likeness (QED) is 0.570. The molecular weight excluding hydrogens is 377 g/mol. The van der Waals surface area contributed by atoms with Crippen molar-refractivity contribution in [2.45, 2.75) is 32.1 Å². The molecule has 146 valence electrons. The standard InChI is InChI=1S/C23H23ClFNO2/c24-21-8-3-9-22(25)20(21)15-28-23-11-10-16-5-1-2-7-18(16)19(23)14-26-13-17-6-4-12-27-17/h1-3,5,7-11,17,26H,4,6,12-15H2. The molecule has 0 bridgehead atoms. The number of rotatable bonds is 7. The Kier molecular flexibility index (Phi) is 6.10. The lowest BCUT2D eigenvalue weighted by atomic mass is 10.0. The maximum absolute atomic E-state index is 14.1. The van der Waals surface area contributed by atoms with Crippen LogP contribution in [0.15, 0.2) is 54.6 Å². The third-order valence-corrected chi connectivity index (χ3v) is 5.48. The average Bonchev–Trinajstić information content (AvgIpc) is 3.22. The first-order valence-electron chi connectivity index (χ1n) is 9.61. The van der Waals surface area contributed by atoms with Gasteiger partial charge in [0.1, 0.15) is 18.2 Å². The van der Waals surface area contributed by atoms with Crippen LogP contribution < -0.4 is 10.1 Å². The second kappa shape index (κ2) is 8.91. The summed E-state index contributed by atoms with van der Waals surface area (Å²) in [6, 6.07) is 16.8. The molecule has 0 aliphatic carbocycles. The van der Waals surface area contributed by atoms with Crippen molar-refractivity contribution >= 4 is 22.4 Å². The van der Waals surface area contributed by atoms with Crippen LogP contribution in [0, 0.1) is 5.82 Å². The summed E-state index contributed by atoms with van der Waals surface area (Å²) < 4.78 is 25.8. The largest absolute Gasteiger partial charge is 0.488 e. The summed E-state index contributed by atoms with van der Waals surface area (Å²) >= 11 is 6.14. The van der Waals surface area contributed by atoms with Crippen LogP contribution >= 0.6 is 11.6 Å². The Morgan fingerprint density at radius 1 is 1.07 bits per heavy atom. The topological polar surface area (TPSA) is 30.5 Å². The Morgan fingerprint density at radius 3 is 2.79 bits per heavy atom. The van der Waals surface area contributed by atoms with Crippen molar-refractivity contribution in [1.29, 1.82) is 0 Å². The lowest BCUT2D eigenvalue weighted by Crippen LogP contribution is -2.26. The number of ether oxygens (including phenoxy) is 2. The molecule has 3 aromatic carbocycles. The highest BCUT2D eigenvalue weighted by Gasteiger charge is 2.16. The maximum Gasteiger partial charge on any atom is 0.131 e. The Morgan fingerprint density at radius 2 is 1.96 bits per heavy atom. The van der Waals surface area contributed by atoms with Gasteiger partial charge in [-0.15, -0.1) is 0 Å². The minimum Gasteiger partial charge on any atom is -0.488 e. The highest BCUT2D eigenvalue weighted by Crippen LogP contribution is 2.30. The summed E-state index contributed by atoms with van der Waals surface area (Å²) in [7, 11) is 0. The van der Waals surface area contributed by atoms with Crippen molar-refractivity contribution in [3.8, 4) is 5.75 Å². The number of fused-ring (bicyclic) bond motifs is 1. The van der Waals surface area contributed by atoms with Crippen LogP contribution in [0.25, 0.3) is 10.8 Å². The summed E-state index contributed by atoms with van der Waals surface area (Å²) in [6.45, 7) is 2.39. The first-order valence-corrected chi connectivity index (χ1v) is 9.99. The van der Waals surface area contributed by atoms with E-state index in [1.807, 2.05) is 24.3 Å². The molecule has 28 heavy (non-hydrogen) atoms. The van der Waals surface area contributed by atoms with E-state index in [-0.39, 0.29) is 18.5 Å². The van der Waals surface area contributed by atoms with Gasteiger partial charge in [-0.1, -0.05) is 48.0 Å². The monoisotopic (exact) mass is 399 g/mol. The van der Waals surface area contributed by atoms with Gasteiger partial charge in [0, 0.05) is 30.8 Å². The van der Waals surface area contributed by atoms with Gasteiger partial charge in [0.2, 0.25) is 0 Å². The molecule has 1 aliphatic heterocycles. The van der Waals surface area contributed by atoms with E-state index in [0.717, 1.165) is 48.1 Å². The van der Waals surface area contributed by atoms with Crippen molar-refractivity contribution < 1.29 is 13.9 Å². The van der Waals surface area contributed by atoms with E-state index >= 15 is 0 Å². The number of benzene rings is 3. The highest BCUT2D eigenvalue weighted by atomic mass is 35.5. The minimum atomic E-state index is -0.355. The molecule has 1 N–H and O–H groups in total. The van der Waals surface area contributed by atoms with Crippen LogP contribution in [0.3, 0.4) is 0 Å². The number of halogens is 2. The van der Waals surface area contributed by atoms with Crippen molar-refractivity contribution in [2.24, 2.45) is 0 Å². The molecular formula is C23H23ClFNO2. The zero-order chi connectivity index (χ0) is 19.3. The van der Waals surface area contributed by atoms with Crippen molar-refractivity contribution in [2.75, 3.05) is 13.2 Å². The Hall–Kier alpha value is -2.14. The van der Waals surface area contributed by atoms with Gasteiger partial charge < -0.3 is 14.8 Å². The van der Waals surface area contributed by atoms with Crippen LogP contribution in [0.5, 0.6) is 5.75 Å². The maximum atomic E-state index is 14.1. The van der Waals surface area contributed by atoms with Gasteiger partial charge >= 0.3 is 0 Å². The summed E-state index contributed by atoms with van der Waals surface area (Å²) in [5.41, 5.74) is 1.43. The van der Waals surface area contributed by atoms with E-state index in [1.54, 1.807) is 12.1 Å². The van der Waals surface area contributed by atoms with E-state index in [2.05, 4.69) is 17.4 Å². The van der Waals surface area contributed by atoms with Crippen LogP contribution in [-0.4, -0.2) is 19.3 Å². The van der Waals surface area contributed by atoms with Crippen LogP contribution in [0.4, 0.5) is 4.39 Å². The second-order valence-electron chi connectivity index (χ2n) is 7.02. The molecule has 1 unspecified atom stereocenters. The van der Waals surface area contributed by atoms with Gasteiger partial charge in [-0.3, -0.25) is 0 Å². The van der Waals surface area contributed by atoms with Gasteiger partial charge in [-0.2, -0.15) is 0 Å². The van der Waals surface area contributed by atoms with Crippen molar-refractivity contribution in [3.05, 3.63) is 76.6 Å². The molecule has 0 radical (unpaired) electrons. The smallest absolute Gasteiger partial charge is 0.131 e. The fraction of sp³-hybridized carbons (Fsp3) is 0.304. The van der Waals surface area contributed by atoms with Crippen LogP contribution in [0.2, 0.25) is 5.02 Å². The minimum absolute atomic E-state index is 0.0859. The van der Waals surface area contributed by atoms with Crippen LogP contribution in [-0.2, 0) is 17.9 Å². The fourth-order valence-electron chi connectivity index (χ4n) is 3.62. The lowest BCUT2D eigenvalue weighted by Gasteiger charge is -2.17. The average molecular weight is 400 g/mol. The van der Waals surface area contributed by atoms with E-state index < -0.39 is 0 Å². The number of hydrogen-bond acceptors (Lipinski definition) is 3. The molecule has 5 heteroatoms. The van der Waals surface area contributed by atoms with E-state index in [4.69, 9.17) is 21.1 Å². The molecule has 1 aliphatic rings. The lowest BCUT2D eigenvalue weighted by molar-refractivity contribution is 0.110. The molecule has 4 rings (SSSR count). The molecule has 1 saturated heterocycles. The molecule has 3 aromatic rings. The van der Waals surface area contributed by atoms with Gasteiger partial charge in [-0.05, 0) is 41.8 Å². The summed E-state index contributed by atoms with van der Waals surface area (Å²) in [6.07, 6.45) is 2.49. The summed E-state index contributed by atoms with van der Waals surface area (Å²) in [5, 5.41) is 6.14. The van der Waals surface area contributed by atoms with Gasteiger partial charge in [0.05, 0.1) is 11.1 Å². The predicted octanol–water partition coefficient (Wildman–Crippen LogP) is 5.48. The van der Waals surface area contributed by atoms with E-state index in [0.29, 0.717) is 17.1 Å². The molecule has 0 aromatic heterocycles. The molecule has 1 atom stereocenters. The molecule has 0 saturated carbocycles. The second-order valence-corrected chi connectivity index (χ2v) is 7.43. The molecule has 3 nitrogen and oxygen atoms in total. The molecule has 0 spiro atoms. The summed E-state index contributed by atoms with van der Waals surface area (Å²) in [4.78, 5) is 0.